The molecule has 0 aromatic heterocycles. The molecule has 0 saturated carbocycles. The summed E-state index contributed by atoms with van der Waals surface area (Å²) in [6.45, 7) is 6.59. The van der Waals surface area contributed by atoms with Crippen LogP contribution in [0.4, 0.5) is 4.39 Å². The Labute approximate surface area is 107 Å². The number of benzene rings is 1. The number of hydrogen-bond acceptors (Lipinski definition) is 2. The first-order valence-electron chi connectivity index (χ1n) is 5.64. The van der Waals surface area contributed by atoms with Crippen molar-refractivity contribution >= 4 is 11.6 Å². The highest BCUT2D eigenvalue weighted by Gasteiger charge is 2.21. The van der Waals surface area contributed by atoms with E-state index in [1.54, 1.807) is 12.1 Å². The third-order valence-corrected chi connectivity index (χ3v) is 3.05. The molecule has 0 radical (unpaired) electrons. The zero-order valence-electron chi connectivity index (χ0n) is 10.4. The van der Waals surface area contributed by atoms with Gasteiger partial charge < -0.3 is 10.4 Å². The summed E-state index contributed by atoms with van der Waals surface area (Å²) in [5.41, 5.74) is 0.252. The Kier molecular flexibility index (Phi) is 4.92. The Morgan fingerprint density at radius 2 is 2.06 bits per heavy atom. The van der Waals surface area contributed by atoms with Gasteiger partial charge in [-0.2, -0.15) is 0 Å². The molecule has 1 rings (SSSR count). The zero-order chi connectivity index (χ0) is 13.1. The molecule has 4 heteroatoms. The second-order valence-electron chi connectivity index (χ2n) is 5.21. The van der Waals surface area contributed by atoms with E-state index in [4.69, 9.17) is 11.6 Å². The molecule has 0 aliphatic heterocycles. The van der Waals surface area contributed by atoms with Crippen molar-refractivity contribution in [3.63, 3.8) is 0 Å². The zero-order valence-corrected chi connectivity index (χ0v) is 11.2. The lowest BCUT2D eigenvalue weighted by molar-refractivity contribution is 0.0627. The molecule has 0 heterocycles. The number of hydrogen-bond donors (Lipinski definition) is 2. The number of aliphatic hydroxyl groups is 1. The quantitative estimate of drug-likeness (QED) is 0.871. The average molecular weight is 260 g/mol. The number of aliphatic hydroxyl groups excluding tert-OH is 1. The lowest BCUT2D eigenvalue weighted by Crippen LogP contribution is -2.36. The molecule has 2 N–H and O–H groups in total. The van der Waals surface area contributed by atoms with Crippen molar-refractivity contribution in [2.45, 2.75) is 33.4 Å². The van der Waals surface area contributed by atoms with Gasteiger partial charge in [0, 0.05) is 23.7 Å². The molecule has 0 amide bonds. The molecule has 0 aliphatic carbocycles. The third-order valence-electron chi connectivity index (χ3n) is 2.70. The molecule has 0 saturated heterocycles. The molecule has 0 aliphatic rings. The van der Waals surface area contributed by atoms with Crippen LogP contribution in [0.3, 0.4) is 0 Å². The fourth-order valence-electron chi connectivity index (χ4n) is 1.34. The first kappa shape index (κ1) is 14.4. The van der Waals surface area contributed by atoms with Crippen molar-refractivity contribution in [3.05, 3.63) is 34.6 Å². The van der Waals surface area contributed by atoms with Crippen LogP contribution in [0.1, 0.15) is 26.3 Å². The van der Waals surface area contributed by atoms with E-state index >= 15 is 0 Å². The molecular weight excluding hydrogens is 241 g/mol. The summed E-state index contributed by atoms with van der Waals surface area (Å²) in [6.07, 6.45) is -0.479. The van der Waals surface area contributed by atoms with Gasteiger partial charge in [-0.05, 0) is 17.5 Å². The van der Waals surface area contributed by atoms with Gasteiger partial charge in [-0.3, -0.25) is 0 Å². The van der Waals surface area contributed by atoms with E-state index < -0.39 is 6.10 Å². The van der Waals surface area contributed by atoms with Gasteiger partial charge in [0.25, 0.3) is 0 Å². The smallest absolute Gasteiger partial charge is 0.129 e. The Hall–Kier alpha value is -0.640. The van der Waals surface area contributed by atoms with Crippen LogP contribution in [0.2, 0.25) is 5.02 Å². The van der Waals surface area contributed by atoms with Crippen LogP contribution in [0.15, 0.2) is 18.2 Å². The highest BCUT2D eigenvalue weighted by molar-refractivity contribution is 6.31. The van der Waals surface area contributed by atoms with Crippen LogP contribution >= 0.6 is 11.6 Å². The first-order valence-corrected chi connectivity index (χ1v) is 6.02. The SMILES string of the molecule is CC(C)(C)C(O)CNCc1c(F)cccc1Cl. The highest BCUT2D eigenvalue weighted by Crippen LogP contribution is 2.20. The molecule has 0 spiro atoms. The predicted octanol–water partition coefficient (Wildman–Crippen LogP) is 2.98. The van der Waals surface area contributed by atoms with E-state index in [2.05, 4.69) is 5.32 Å². The number of nitrogens with one attached hydrogen (secondary N) is 1. The number of halogens is 2. The summed E-state index contributed by atoms with van der Waals surface area (Å²) in [7, 11) is 0. The molecule has 1 unspecified atom stereocenters. The Bertz CT molecular complexity index is 356. The molecule has 2 nitrogen and oxygen atoms in total. The van der Waals surface area contributed by atoms with Gasteiger partial charge in [0.05, 0.1) is 6.10 Å². The summed E-state index contributed by atoms with van der Waals surface area (Å²) in [5.74, 6) is -0.324. The summed E-state index contributed by atoms with van der Waals surface area (Å²) in [5, 5.41) is 13.2. The molecular formula is C13H19ClFNO. The van der Waals surface area contributed by atoms with E-state index in [0.717, 1.165) is 0 Å². The summed E-state index contributed by atoms with van der Waals surface area (Å²) >= 11 is 5.89. The van der Waals surface area contributed by atoms with Gasteiger partial charge in [0.1, 0.15) is 5.82 Å². The Morgan fingerprint density at radius 1 is 1.41 bits per heavy atom. The normalized spacial score (nSPS) is 13.8. The molecule has 0 fully saturated rings. The van der Waals surface area contributed by atoms with Crippen molar-refractivity contribution in [2.24, 2.45) is 5.41 Å². The van der Waals surface area contributed by atoms with Crippen molar-refractivity contribution in [1.82, 2.24) is 5.32 Å². The van der Waals surface area contributed by atoms with E-state index in [1.165, 1.54) is 6.07 Å². The van der Waals surface area contributed by atoms with Crippen LogP contribution in [0.5, 0.6) is 0 Å². The lowest BCUT2D eigenvalue weighted by Gasteiger charge is -2.26. The minimum Gasteiger partial charge on any atom is -0.391 e. The Morgan fingerprint density at radius 3 is 2.59 bits per heavy atom. The van der Waals surface area contributed by atoms with E-state index in [-0.39, 0.29) is 11.2 Å². The summed E-state index contributed by atoms with van der Waals surface area (Å²) in [4.78, 5) is 0. The van der Waals surface area contributed by atoms with Crippen molar-refractivity contribution in [2.75, 3.05) is 6.54 Å². The standard InChI is InChI=1S/C13H19ClFNO/c1-13(2,3)12(17)8-16-7-9-10(14)5-4-6-11(9)15/h4-6,12,16-17H,7-8H2,1-3H3. The van der Waals surface area contributed by atoms with Crippen molar-refractivity contribution in [1.29, 1.82) is 0 Å². The molecule has 0 bridgehead atoms. The highest BCUT2D eigenvalue weighted by atomic mass is 35.5. The second-order valence-corrected chi connectivity index (χ2v) is 5.62. The van der Waals surface area contributed by atoms with Crippen LogP contribution in [0, 0.1) is 11.2 Å². The van der Waals surface area contributed by atoms with E-state index in [1.807, 2.05) is 20.8 Å². The molecule has 17 heavy (non-hydrogen) atoms. The van der Waals surface area contributed by atoms with Crippen LogP contribution in [-0.4, -0.2) is 17.8 Å². The van der Waals surface area contributed by atoms with Crippen LogP contribution in [-0.2, 0) is 6.54 Å². The second kappa shape index (κ2) is 5.80. The maximum absolute atomic E-state index is 13.4. The van der Waals surface area contributed by atoms with E-state index in [9.17, 15) is 9.50 Å². The number of rotatable bonds is 4. The summed E-state index contributed by atoms with van der Waals surface area (Å²) in [6, 6.07) is 4.61. The maximum Gasteiger partial charge on any atom is 0.129 e. The van der Waals surface area contributed by atoms with E-state index in [0.29, 0.717) is 23.7 Å². The molecule has 1 aromatic carbocycles. The Balaban J connectivity index is 2.52. The van der Waals surface area contributed by atoms with Crippen molar-refractivity contribution < 1.29 is 9.50 Å². The lowest BCUT2D eigenvalue weighted by atomic mass is 9.89. The largest absolute Gasteiger partial charge is 0.391 e. The van der Waals surface area contributed by atoms with Gasteiger partial charge in [-0.15, -0.1) is 0 Å². The third kappa shape index (κ3) is 4.26. The van der Waals surface area contributed by atoms with Gasteiger partial charge in [0.15, 0.2) is 0 Å². The summed E-state index contributed by atoms with van der Waals surface area (Å²) < 4.78 is 13.4. The molecule has 96 valence electrons. The van der Waals surface area contributed by atoms with Gasteiger partial charge in [0.2, 0.25) is 0 Å². The van der Waals surface area contributed by atoms with Gasteiger partial charge >= 0.3 is 0 Å². The minimum absolute atomic E-state index is 0.188. The molecule has 1 atom stereocenters. The van der Waals surface area contributed by atoms with Gasteiger partial charge in [-0.25, -0.2) is 4.39 Å². The average Bonchev–Trinajstić information content (AvgIpc) is 2.20. The van der Waals surface area contributed by atoms with Gasteiger partial charge in [-0.1, -0.05) is 38.4 Å². The fourth-order valence-corrected chi connectivity index (χ4v) is 1.57. The van der Waals surface area contributed by atoms with Crippen LogP contribution in [0.25, 0.3) is 0 Å². The molecule has 1 aromatic rings. The predicted molar refractivity (Wildman–Crippen MR) is 68.6 cm³/mol. The fraction of sp³-hybridized carbons (Fsp3) is 0.538. The maximum atomic E-state index is 13.4. The van der Waals surface area contributed by atoms with Crippen molar-refractivity contribution in [3.8, 4) is 0 Å². The monoisotopic (exact) mass is 259 g/mol. The minimum atomic E-state index is -0.479. The first-order chi connectivity index (χ1) is 7.82. The van der Waals surface area contributed by atoms with Crippen LogP contribution < -0.4 is 5.32 Å². The topological polar surface area (TPSA) is 32.3 Å².